The van der Waals surface area contributed by atoms with Gasteiger partial charge in [0.1, 0.15) is 6.20 Å². The molecule has 2 rings (SSSR count). The fourth-order valence-electron chi connectivity index (χ4n) is 1.39. The Labute approximate surface area is 66.1 Å². The van der Waals surface area contributed by atoms with Crippen LogP contribution in [0.2, 0.25) is 0 Å². The summed E-state index contributed by atoms with van der Waals surface area (Å²) in [6, 6.07) is 1.96. The third kappa shape index (κ3) is 1.31. The maximum atomic E-state index is 3.71. The van der Waals surface area contributed by atoms with Crippen LogP contribution in [0.5, 0.6) is 0 Å². The van der Waals surface area contributed by atoms with Gasteiger partial charge in [0.05, 0.1) is 11.9 Å². The predicted octanol–water partition coefficient (Wildman–Crippen LogP) is 0.877. The number of rotatable bonds is 1. The molecule has 0 aromatic carbocycles. The molecular formula is C8H10N3. The standard InChI is InChI=1S/C8H10N3/c1-2-6-11(5-1)8-3-4-9-10-7-8/h3-4H,1-2,5-6H2. The summed E-state index contributed by atoms with van der Waals surface area (Å²) in [7, 11) is 0. The molecule has 1 fully saturated rings. The Bertz CT molecular complexity index is 216. The van der Waals surface area contributed by atoms with Crippen molar-refractivity contribution in [1.82, 2.24) is 10.2 Å². The highest BCUT2D eigenvalue weighted by atomic mass is 15.2. The summed E-state index contributed by atoms with van der Waals surface area (Å²) < 4.78 is 0. The third-order valence-electron chi connectivity index (χ3n) is 1.97. The van der Waals surface area contributed by atoms with E-state index >= 15 is 0 Å². The smallest absolute Gasteiger partial charge is 0.139 e. The van der Waals surface area contributed by atoms with E-state index < -0.39 is 0 Å². The van der Waals surface area contributed by atoms with Gasteiger partial charge in [0.25, 0.3) is 0 Å². The largest absolute Gasteiger partial charge is 0.370 e. The molecule has 0 aliphatic carbocycles. The molecule has 3 heteroatoms. The number of nitrogens with zero attached hydrogens (tertiary/aromatic N) is 3. The van der Waals surface area contributed by atoms with Gasteiger partial charge in [0.15, 0.2) is 0 Å². The first-order chi connectivity index (χ1) is 5.47. The number of hydrogen-bond donors (Lipinski definition) is 0. The van der Waals surface area contributed by atoms with Gasteiger partial charge in [-0.3, -0.25) is 0 Å². The Morgan fingerprint density at radius 3 is 2.82 bits per heavy atom. The van der Waals surface area contributed by atoms with Crippen molar-refractivity contribution >= 4 is 5.69 Å². The van der Waals surface area contributed by atoms with E-state index in [0.717, 1.165) is 18.8 Å². The van der Waals surface area contributed by atoms with Crippen LogP contribution in [-0.2, 0) is 0 Å². The third-order valence-corrected chi connectivity index (χ3v) is 1.97. The van der Waals surface area contributed by atoms with Crippen molar-refractivity contribution in [1.29, 1.82) is 0 Å². The lowest BCUT2D eigenvalue weighted by Gasteiger charge is -2.14. The molecule has 57 valence electrons. The molecule has 0 atom stereocenters. The second-order valence-electron chi connectivity index (χ2n) is 2.72. The molecule has 1 aliphatic rings. The molecule has 1 radical (unpaired) electrons. The van der Waals surface area contributed by atoms with Gasteiger partial charge < -0.3 is 4.90 Å². The van der Waals surface area contributed by atoms with Crippen LogP contribution in [0.4, 0.5) is 5.69 Å². The molecule has 11 heavy (non-hydrogen) atoms. The molecule has 0 bridgehead atoms. The highest BCUT2D eigenvalue weighted by Crippen LogP contribution is 2.16. The lowest BCUT2D eigenvalue weighted by atomic mass is 10.4. The van der Waals surface area contributed by atoms with Gasteiger partial charge >= 0.3 is 0 Å². The molecule has 0 N–H and O–H groups in total. The van der Waals surface area contributed by atoms with Gasteiger partial charge in [-0.1, -0.05) is 0 Å². The van der Waals surface area contributed by atoms with E-state index in [1.807, 2.05) is 6.07 Å². The minimum absolute atomic E-state index is 1.08. The summed E-state index contributed by atoms with van der Waals surface area (Å²) in [5, 5.41) is 7.40. The summed E-state index contributed by atoms with van der Waals surface area (Å²) in [6.45, 7) is 2.28. The van der Waals surface area contributed by atoms with E-state index in [-0.39, 0.29) is 0 Å². The number of aromatic nitrogens is 2. The Morgan fingerprint density at radius 1 is 1.36 bits per heavy atom. The fraction of sp³-hybridized carbons (Fsp3) is 0.500. The molecule has 0 unspecified atom stereocenters. The van der Waals surface area contributed by atoms with Gasteiger partial charge in [0.2, 0.25) is 0 Å². The lowest BCUT2D eigenvalue weighted by Crippen LogP contribution is -2.17. The zero-order valence-corrected chi connectivity index (χ0v) is 6.32. The Morgan fingerprint density at radius 2 is 2.18 bits per heavy atom. The summed E-state index contributed by atoms with van der Waals surface area (Å²) in [5.41, 5.74) is 1.08. The summed E-state index contributed by atoms with van der Waals surface area (Å²) in [4.78, 5) is 2.29. The van der Waals surface area contributed by atoms with E-state index in [4.69, 9.17) is 0 Å². The van der Waals surface area contributed by atoms with Crippen molar-refractivity contribution in [3.8, 4) is 0 Å². The molecule has 1 saturated heterocycles. The van der Waals surface area contributed by atoms with Crippen molar-refractivity contribution in [2.75, 3.05) is 18.0 Å². The predicted molar refractivity (Wildman–Crippen MR) is 42.3 cm³/mol. The van der Waals surface area contributed by atoms with Crippen molar-refractivity contribution in [3.63, 3.8) is 0 Å². The molecular weight excluding hydrogens is 138 g/mol. The van der Waals surface area contributed by atoms with Crippen molar-refractivity contribution in [2.45, 2.75) is 12.8 Å². The molecule has 1 aliphatic heterocycles. The van der Waals surface area contributed by atoms with Crippen LogP contribution in [0.25, 0.3) is 0 Å². The summed E-state index contributed by atoms with van der Waals surface area (Å²) in [6.07, 6.45) is 7.16. The number of anilines is 1. The topological polar surface area (TPSA) is 29.0 Å². The Hall–Kier alpha value is -1.12. The lowest BCUT2D eigenvalue weighted by molar-refractivity contribution is 0.932. The van der Waals surface area contributed by atoms with Gasteiger partial charge in [0, 0.05) is 13.1 Å². The molecule has 1 aromatic rings. The van der Waals surface area contributed by atoms with Crippen LogP contribution in [0.15, 0.2) is 12.3 Å². The SMILES string of the molecule is [c]1nnccc1N1CCCC1. The van der Waals surface area contributed by atoms with Crippen LogP contribution in [0.1, 0.15) is 12.8 Å². The van der Waals surface area contributed by atoms with Gasteiger partial charge in [-0.15, -0.1) is 5.10 Å². The Kier molecular flexibility index (Phi) is 1.71. The molecule has 3 nitrogen and oxygen atoms in total. The van der Waals surface area contributed by atoms with Crippen molar-refractivity contribution in [3.05, 3.63) is 18.5 Å². The minimum atomic E-state index is 1.08. The van der Waals surface area contributed by atoms with E-state index in [2.05, 4.69) is 21.3 Å². The van der Waals surface area contributed by atoms with Crippen LogP contribution < -0.4 is 4.90 Å². The quantitative estimate of drug-likeness (QED) is 0.592. The minimum Gasteiger partial charge on any atom is -0.370 e. The molecule has 1 aromatic heterocycles. The monoisotopic (exact) mass is 148 g/mol. The molecule has 2 heterocycles. The molecule has 0 saturated carbocycles. The molecule has 0 spiro atoms. The summed E-state index contributed by atoms with van der Waals surface area (Å²) in [5.74, 6) is 0. The van der Waals surface area contributed by atoms with Crippen LogP contribution in [0.3, 0.4) is 0 Å². The maximum Gasteiger partial charge on any atom is 0.139 e. The van der Waals surface area contributed by atoms with Gasteiger partial charge in [-0.05, 0) is 18.9 Å². The van der Waals surface area contributed by atoms with Crippen molar-refractivity contribution in [2.24, 2.45) is 0 Å². The fourth-order valence-corrected chi connectivity index (χ4v) is 1.39. The highest BCUT2D eigenvalue weighted by molar-refractivity contribution is 5.42. The first-order valence-corrected chi connectivity index (χ1v) is 3.91. The zero-order chi connectivity index (χ0) is 7.52. The van der Waals surface area contributed by atoms with Gasteiger partial charge in [-0.25, -0.2) is 0 Å². The average Bonchev–Trinajstić information content (AvgIpc) is 2.58. The molecule has 0 amide bonds. The highest BCUT2D eigenvalue weighted by Gasteiger charge is 2.11. The van der Waals surface area contributed by atoms with E-state index in [9.17, 15) is 0 Å². The maximum absolute atomic E-state index is 3.71. The average molecular weight is 148 g/mol. The van der Waals surface area contributed by atoms with E-state index in [1.54, 1.807) is 6.20 Å². The second kappa shape index (κ2) is 2.86. The van der Waals surface area contributed by atoms with Crippen molar-refractivity contribution < 1.29 is 0 Å². The first kappa shape index (κ1) is 6.58. The first-order valence-electron chi connectivity index (χ1n) is 3.91. The van der Waals surface area contributed by atoms with Crippen LogP contribution in [0, 0.1) is 6.20 Å². The zero-order valence-electron chi connectivity index (χ0n) is 6.32. The van der Waals surface area contributed by atoms with E-state index in [0.29, 0.717) is 0 Å². The Balaban J connectivity index is 2.16. The van der Waals surface area contributed by atoms with Gasteiger partial charge in [-0.2, -0.15) is 5.10 Å². The second-order valence-corrected chi connectivity index (χ2v) is 2.72. The van der Waals surface area contributed by atoms with Crippen LogP contribution in [-0.4, -0.2) is 23.3 Å². The van der Waals surface area contributed by atoms with Crippen LogP contribution >= 0.6 is 0 Å². The van der Waals surface area contributed by atoms with E-state index in [1.165, 1.54) is 12.8 Å². The summed E-state index contributed by atoms with van der Waals surface area (Å²) >= 11 is 0. The number of hydrogen-bond acceptors (Lipinski definition) is 3. The normalized spacial score (nSPS) is 17.3.